The van der Waals surface area contributed by atoms with E-state index in [2.05, 4.69) is 5.10 Å². The van der Waals surface area contributed by atoms with Crippen LogP contribution in [-0.4, -0.2) is 47.9 Å². The zero-order valence-corrected chi connectivity index (χ0v) is 18.5. The van der Waals surface area contributed by atoms with E-state index in [9.17, 15) is 14.4 Å². The first-order chi connectivity index (χ1) is 15.4. The van der Waals surface area contributed by atoms with E-state index in [0.29, 0.717) is 22.6 Å². The topological polar surface area (TPSA) is 90.7 Å². The van der Waals surface area contributed by atoms with Gasteiger partial charge in [0.1, 0.15) is 5.56 Å². The van der Waals surface area contributed by atoms with Crippen LogP contribution >= 0.6 is 0 Å². The molecule has 0 radical (unpaired) electrons. The monoisotopic (exact) mass is 435 g/mol. The molecule has 0 aliphatic rings. The molecule has 0 bridgehead atoms. The minimum absolute atomic E-state index is 0.0295. The van der Waals surface area contributed by atoms with E-state index in [-0.39, 0.29) is 30.4 Å². The predicted molar refractivity (Wildman–Crippen MR) is 120 cm³/mol. The Kier molecular flexibility index (Phi) is 7.04. The zero-order valence-electron chi connectivity index (χ0n) is 18.5. The van der Waals surface area contributed by atoms with Crippen LogP contribution in [-0.2, 0) is 14.3 Å². The quantitative estimate of drug-likeness (QED) is 0.523. The van der Waals surface area contributed by atoms with Gasteiger partial charge < -0.3 is 14.4 Å². The lowest BCUT2D eigenvalue weighted by atomic mass is 10.0. The second-order valence-corrected chi connectivity index (χ2v) is 6.89. The highest BCUT2D eigenvalue weighted by molar-refractivity contribution is 6.06. The summed E-state index contributed by atoms with van der Waals surface area (Å²) >= 11 is 0. The van der Waals surface area contributed by atoms with Gasteiger partial charge in [-0.2, -0.15) is 5.10 Å². The average molecular weight is 435 g/mol. The van der Waals surface area contributed by atoms with Crippen molar-refractivity contribution in [3.63, 3.8) is 0 Å². The Labute approximate surface area is 186 Å². The third-order valence-corrected chi connectivity index (χ3v) is 4.81. The minimum atomic E-state index is -0.719. The van der Waals surface area contributed by atoms with Crippen LogP contribution in [0.3, 0.4) is 0 Å². The van der Waals surface area contributed by atoms with E-state index in [0.717, 1.165) is 0 Å². The van der Waals surface area contributed by atoms with Gasteiger partial charge in [0, 0.05) is 25.2 Å². The summed E-state index contributed by atoms with van der Waals surface area (Å²) in [6.45, 7) is 5.11. The number of amides is 1. The van der Waals surface area contributed by atoms with Gasteiger partial charge in [-0.15, -0.1) is 0 Å². The van der Waals surface area contributed by atoms with Gasteiger partial charge in [-0.3, -0.25) is 4.79 Å². The van der Waals surface area contributed by atoms with Crippen LogP contribution < -0.4 is 4.90 Å². The highest BCUT2D eigenvalue weighted by Crippen LogP contribution is 2.31. The smallest absolute Gasteiger partial charge is 0.359 e. The van der Waals surface area contributed by atoms with Crippen molar-refractivity contribution in [2.45, 2.75) is 20.8 Å². The van der Waals surface area contributed by atoms with E-state index in [1.807, 2.05) is 30.3 Å². The number of rotatable bonds is 7. The SMILES string of the molecule is CCOC(=O)c1nn(-c2cccc(N(C)C(C)=O)c2)c(-c2ccccc2)c1C(=O)OCC. The van der Waals surface area contributed by atoms with E-state index in [1.165, 1.54) is 16.5 Å². The number of hydrogen-bond donors (Lipinski definition) is 0. The second kappa shape index (κ2) is 9.91. The number of carbonyl (C=O) groups is 3. The van der Waals surface area contributed by atoms with E-state index in [1.54, 1.807) is 45.2 Å². The van der Waals surface area contributed by atoms with Gasteiger partial charge in [-0.1, -0.05) is 36.4 Å². The highest BCUT2D eigenvalue weighted by Gasteiger charge is 2.31. The molecule has 8 heteroatoms. The molecule has 0 spiro atoms. The van der Waals surface area contributed by atoms with Crippen LogP contribution in [0.1, 0.15) is 41.6 Å². The molecule has 2 aromatic carbocycles. The van der Waals surface area contributed by atoms with Crippen LogP contribution in [0.15, 0.2) is 54.6 Å². The molecule has 0 aliphatic heterocycles. The normalized spacial score (nSPS) is 10.5. The number of hydrogen-bond acceptors (Lipinski definition) is 6. The lowest BCUT2D eigenvalue weighted by Gasteiger charge is -2.17. The molecule has 1 amide bonds. The molecule has 0 N–H and O–H groups in total. The Morgan fingerprint density at radius 1 is 0.938 bits per heavy atom. The Morgan fingerprint density at radius 2 is 1.59 bits per heavy atom. The summed E-state index contributed by atoms with van der Waals surface area (Å²) in [6, 6.07) is 16.2. The van der Waals surface area contributed by atoms with Gasteiger partial charge in [0.05, 0.1) is 24.6 Å². The largest absolute Gasteiger partial charge is 0.462 e. The van der Waals surface area contributed by atoms with Crippen molar-refractivity contribution in [2.24, 2.45) is 0 Å². The fourth-order valence-corrected chi connectivity index (χ4v) is 3.22. The van der Waals surface area contributed by atoms with Crippen LogP contribution in [0.2, 0.25) is 0 Å². The average Bonchev–Trinajstić information content (AvgIpc) is 3.20. The molecule has 0 aliphatic carbocycles. The van der Waals surface area contributed by atoms with Gasteiger partial charge in [0.15, 0.2) is 5.69 Å². The number of esters is 2. The molecular weight excluding hydrogens is 410 g/mol. The van der Waals surface area contributed by atoms with Crippen LogP contribution in [0.5, 0.6) is 0 Å². The maximum Gasteiger partial charge on any atom is 0.359 e. The number of aromatic nitrogens is 2. The van der Waals surface area contributed by atoms with E-state index < -0.39 is 11.9 Å². The van der Waals surface area contributed by atoms with Crippen molar-refractivity contribution in [3.05, 3.63) is 65.9 Å². The fraction of sp³-hybridized carbons (Fsp3) is 0.250. The van der Waals surface area contributed by atoms with Gasteiger partial charge >= 0.3 is 11.9 Å². The Bertz CT molecular complexity index is 1140. The van der Waals surface area contributed by atoms with Gasteiger partial charge in [0.25, 0.3) is 0 Å². The third-order valence-electron chi connectivity index (χ3n) is 4.81. The first-order valence-corrected chi connectivity index (χ1v) is 10.3. The number of ether oxygens (including phenoxy) is 2. The van der Waals surface area contributed by atoms with Crippen molar-refractivity contribution in [1.82, 2.24) is 9.78 Å². The summed E-state index contributed by atoms with van der Waals surface area (Å²) in [7, 11) is 1.66. The molecule has 0 atom stereocenters. The van der Waals surface area contributed by atoms with E-state index >= 15 is 0 Å². The predicted octanol–water partition coefficient (Wildman–Crippen LogP) is 3.88. The molecule has 32 heavy (non-hydrogen) atoms. The van der Waals surface area contributed by atoms with Gasteiger partial charge in [-0.05, 0) is 32.0 Å². The maximum atomic E-state index is 12.9. The lowest BCUT2D eigenvalue weighted by molar-refractivity contribution is -0.116. The van der Waals surface area contributed by atoms with Crippen molar-refractivity contribution >= 4 is 23.5 Å². The zero-order chi connectivity index (χ0) is 23.3. The molecule has 3 rings (SSSR count). The highest BCUT2D eigenvalue weighted by atomic mass is 16.5. The van der Waals surface area contributed by atoms with Crippen molar-refractivity contribution in [2.75, 3.05) is 25.2 Å². The summed E-state index contributed by atoms with van der Waals surface area (Å²) in [5.74, 6) is -1.52. The summed E-state index contributed by atoms with van der Waals surface area (Å²) < 4.78 is 11.9. The van der Waals surface area contributed by atoms with Crippen molar-refractivity contribution < 1.29 is 23.9 Å². The summed E-state index contributed by atoms with van der Waals surface area (Å²) in [6.07, 6.45) is 0. The first kappa shape index (κ1) is 22.7. The summed E-state index contributed by atoms with van der Waals surface area (Å²) in [4.78, 5) is 39.0. The van der Waals surface area contributed by atoms with Gasteiger partial charge in [-0.25, -0.2) is 14.3 Å². The molecule has 1 heterocycles. The molecule has 0 saturated heterocycles. The molecule has 166 valence electrons. The number of benzene rings is 2. The van der Waals surface area contributed by atoms with Gasteiger partial charge in [0.2, 0.25) is 5.91 Å². The number of carbonyl (C=O) groups excluding carboxylic acids is 3. The molecule has 1 aromatic heterocycles. The Morgan fingerprint density at radius 3 is 2.22 bits per heavy atom. The maximum absolute atomic E-state index is 12.9. The molecular formula is C24H25N3O5. The molecule has 0 fully saturated rings. The fourth-order valence-electron chi connectivity index (χ4n) is 3.22. The third kappa shape index (κ3) is 4.54. The van der Waals surface area contributed by atoms with E-state index in [4.69, 9.17) is 9.47 Å². The van der Waals surface area contributed by atoms with Crippen LogP contribution in [0.4, 0.5) is 5.69 Å². The molecule has 0 saturated carbocycles. The molecule has 3 aromatic rings. The summed E-state index contributed by atoms with van der Waals surface area (Å²) in [5, 5.41) is 4.46. The molecule has 8 nitrogen and oxygen atoms in total. The minimum Gasteiger partial charge on any atom is -0.462 e. The van der Waals surface area contributed by atoms with Crippen LogP contribution in [0, 0.1) is 0 Å². The van der Waals surface area contributed by atoms with Crippen molar-refractivity contribution in [3.8, 4) is 16.9 Å². The Hall–Kier alpha value is -3.94. The number of nitrogens with zero attached hydrogens (tertiary/aromatic N) is 3. The van der Waals surface area contributed by atoms with Crippen molar-refractivity contribution in [1.29, 1.82) is 0 Å². The van der Waals surface area contributed by atoms with Crippen LogP contribution in [0.25, 0.3) is 16.9 Å². The molecule has 0 unspecified atom stereocenters. The summed E-state index contributed by atoms with van der Waals surface area (Å²) in [5.41, 5.74) is 2.17. The lowest BCUT2D eigenvalue weighted by Crippen LogP contribution is -2.22. The number of anilines is 1. The first-order valence-electron chi connectivity index (χ1n) is 10.3. The second-order valence-electron chi connectivity index (χ2n) is 6.89. The Balaban J connectivity index is 2.32. The standard InChI is InChI=1S/C24H25N3O5/c1-5-31-23(29)20-21(24(30)32-6-2)25-27(22(20)17-11-8-7-9-12-17)19-14-10-13-18(15-19)26(4)16(3)28/h7-15H,5-6H2,1-4H3.